The van der Waals surface area contributed by atoms with Crippen LogP contribution in [-0.2, 0) is 9.53 Å². The van der Waals surface area contributed by atoms with Gasteiger partial charge in [0.25, 0.3) is 0 Å². The van der Waals surface area contributed by atoms with Crippen LogP contribution < -0.4 is 16.0 Å². The predicted molar refractivity (Wildman–Crippen MR) is 256 cm³/mol. The van der Waals surface area contributed by atoms with Crippen molar-refractivity contribution in [3.8, 4) is 11.1 Å². The van der Waals surface area contributed by atoms with E-state index in [9.17, 15) is 19.5 Å². The Hall–Kier alpha value is -7.36. The summed E-state index contributed by atoms with van der Waals surface area (Å²) in [7, 11) is 0. The van der Waals surface area contributed by atoms with Gasteiger partial charge in [-0.25, -0.2) is 9.59 Å². The van der Waals surface area contributed by atoms with E-state index in [1.807, 2.05) is 109 Å². The first-order valence-corrected chi connectivity index (χ1v) is 22.4. The van der Waals surface area contributed by atoms with Gasteiger partial charge in [-0.3, -0.25) is 4.79 Å². The number of fused-ring (bicyclic) bond motifs is 3. The highest BCUT2D eigenvalue weighted by Gasteiger charge is 2.30. The Morgan fingerprint density at radius 3 is 1.69 bits per heavy atom. The lowest BCUT2D eigenvalue weighted by Gasteiger charge is -2.28. The predicted octanol–water partition coefficient (Wildman–Crippen LogP) is 11.2. The molecule has 8 nitrogen and oxygen atoms in total. The number of benzene rings is 7. The van der Waals surface area contributed by atoms with Crippen molar-refractivity contribution >= 4 is 35.4 Å². The topological polar surface area (TPSA) is 122 Å². The number of carboxylic acids is 1. The van der Waals surface area contributed by atoms with Crippen molar-refractivity contribution < 1.29 is 24.2 Å². The zero-order valence-corrected chi connectivity index (χ0v) is 36.0. The number of anilines is 1. The summed E-state index contributed by atoms with van der Waals surface area (Å²) in [5.41, 5.74) is 15.8. The number of allylic oxidation sites excluding steroid dienone is 1. The minimum Gasteiger partial charge on any atom is -0.480 e. The van der Waals surface area contributed by atoms with Gasteiger partial charge in [0.05, 0.1) is 5.69 Å². The van der Waals surface area contributed by atoms with Gasteiger partial charge in [-0.2, -0.15) is 0 Å². The number of amides is 2. The summed E-state index contributed by atoms with van der Waals surface area (Å²) in [4.78, 5) is 41.7. The molecule has 0 aromatic heterocycles. The first kappa shape index (κ1) is 43.3. The highest BCUT2D eigenvalue weighted by Crippen LogP contribution is 2.44. The highest BCUT2D eigenvalue weighted by molar-refractivity contribution is 7.99. The van der Waals surface area contributed by atoms with E-state index in [4.69, 9.17) is 10.5 Å². The molecule has 7 aromatic rings. The normalized spacial score (nSPS) is 12.5. The Bertz CT molecular complexity index is 2590. The molecular weight excluding hydrogens is 815 g/mol. The zero-order chi connectivity index (χ0) is 44.3. The molecule has 2 amide bonds. The second-order valence-electron chi connectivity index (χ2n) is 15.7. The maximum absolute atomic E-state index is 13.3. The third kappa shape index (κ3) is 10.3. The number of alkyl carbamates (subject to hydrolysis) is 1. The summed E-state index contributed by atoms with van der Waals surface area (Å²) in [6.45, 7) is 0.580. The number of carboxylic acid groups (broad SMARTS) is 1. The molecule has 0 unspecified atom stereocenters. The molecule has 7 aromatic carbocycles. The Kier molecular flexibility index (Phi) is 14.0. The third-order valence-corrected chi connectivity index (χ3v) is 12.9. The first-order chi connectivity index (χ1) is 31.3. The molecule has 9 heteroatoms. The van der Waals surface area contributed by atoms with Crippen molar-refractivity contribution in [2.24, 2.45) is 5.73 Å². The number of aliphatic carboxylic acids is 1. The molecule has 320 valence electrons. The largest absolute Gasteiger partial charge is 0.480 e. The van der Waals surface area contributed by atoms with E-state index < -0.39 is 24.0 Å². The first-order valence-electron chi connectivity index (χ1n) is 21.4. The number of rotatable bonds is 18. The number of carbonyl (C=O) groups excluding carboxylic acids is 2. The van der Waals surface area contributed by atoms with Crippen molar-refractivity contribution in [1.29, 1.82) is 0 Å². The van der Waals surface area contributed by atoms with Crippen LogP contribution in [0.5, 0.6) is 0 Å². The lowest BCUT2D eigenvalue weighted by molar-refractivity contribution is -0.138. The maximum atomic E-state index is 13.3. The van der Waals surface area contributed by atoms with Gasteiger partial charge in [0.1, 0.15) is 12.6 Å². The molecule has 1 aliphatic rings. The van der Waals surface area contributed by atoms with E-state index in [1.165, 1.54) is 22.9 Å². The van der Waals surface area contributed by atoms with Crippen molar-refractivity contribution in [3.05, 3.63) is 239 Å². The highest BCUT2D eigenvalue weighted by atomic mass is 32.2. The zero-order valence-electron chi connectivity index (χ0n) is 35.2. The summed E-state index contributed by atoms with van der Waals surface area (Å²) < 4.78 is 5.74. The van der Waals surface area contributed by atoms with Crippen LogP contribution in [0.15, 0.2) is 205 Å². The fourth-order valence-electron chi connectivity index (χ4n) is 8.51. The molecule has 1 atom stereocenters. The Labute approximate surface area is 378 Å². The lowest BCUT2D eigenvalue weighted by atomic mass is 9.88. The number of primary amides is 1. The van der Waals surface area contributed by atoms with E-state index in [-0.39, 0.29) is 30.1 Å². The molecular formula is C55H49N3O5S. The molecule has 8 rings (SSSR count). The minimum absolute atomic E-state index is 0.0205. The molecule has 0 saturated heterocycles. The van der Waals surface area contributed by atoms with Gasteiger partial charge in [-0.05, 0) is 69.1 Å². The van der Waals surface area contributed by atoms with E-state index in [2.05, 4.69) is 83.2 Å². The number of carbonyl (C=O) groups is 3. The molecule has 64 heavy (non-hydrogen) atoms. The molecule has 0 saturated carbocycles. The van der Waals surface area contributed by atoms with Crippen molar-refractivity contribution in [1.82, 2.24) is 5.32 Å². The SMILES string of the molecule is NC(=O)c1ccc(SC[C@H](NC(=O)OCC2c3ccccc3-c3ccccc32)C(=O)O)c(N(/C=C/C(c2ccccc2)c2ccccc2)CCC(c2ccccc2)c2ccccc2)c1. The smallest absolute Gasteiger partial charge is 0.407 e. The van der Waals surface area contributed by atoms with E-state index in [0.29, 0.717) is 29.1 Å². The average Bonchev–Trinajstić information content (AvgIpc) is 3.66. The number of hydrogen-bond donors (Lipinski definition) is 3. The summed E-state index contributed by atoms with van der Waals surface area (Å²) in [5.74, 6) is -2.03. The van der Waals surface area contributed by atoms with Crippen LogP contribution in [-0.4, -0.2) is 48.0 Å². The molecule has 0 spiro atoms. The molecule has 0 aliphatic heterocycles. The van der Waals surface area contributed by atoms with Crippen molar-refractivity contribution in [3.63, 3.8) is 0 Å². The van der Waals surface area contributed by atoms with Crippen LogP contribution in [0.3, 0.4) is 0 Å². The third-order valence-electron chi connectivity index (χ3n) is 11.7. The maximum Gasteiger partial charge on any atom is 0.407 e. The molecule has 0 radical (unpaired) electrons. The van der Waals surface area contributed by atoms with Gasteiger partial charge >= 0.3 is 12.1 Å². The number of hydrogen-bond acceptors (Lipinski definition) is 6. The number of nitrogens with two attached hydrogens (primary N) is 1. The van der Waals surface area contributed by atoms with Gasteiger partial charge in [0, 0.05) is 46.7 Å². The number of ether oxygens (including phenoxy) is 1. The van der Waals surface area contributed by atoms with Gasteiger partial charge in [0.15, 0.2) is 0 Å². The Morgan fingerprint density at radius 1 is 0.672 bits per heavy atom. The van der Waals surface area contributed by atoms with Crippen LogP contribution in [0.2, 0.25) is 0 Å². The minimum atomic E-state index is -1.28. The van der Waals surface area contributed by atoms with Crippen molar-refractivity contribution in [2.45, 2.75) is 35.1 Å². The van der Waals surface area contributed by atoms with Crippen molar-refractivity contribution in [2.75, 3.05) is 23.8 Å². The fourth-order valence-corrected chi connectivity index (χ4v) is 9.57. The molecule has 4 N–H and O–H groups in total. The van der Waals surface area contributed by atoms with Gasteiger partial charge < -0.3 is 25.8 Å². The Morgan fingerprint density at radius 2 is 1.17 bits per heavy atom. The standard InChI is InChI=1S/C55H49N3O5S/c56-53(59)42-29-30-52(64-37-50(54(60)61)57-55(62)63-36-49-47-27-15-13-25-45(47)46-26-14-16-28-48(46)49)51(35-42)58(33-31-43(38-17-5-1-6-18-38)39-19-7-2-8-20-39)34-32-44(40-21-9-3-10-22-40)41-23-11-4-12-24-41/h1-31,33,35,43-44,49-50H,32,34,36-37H2,(H2,56,59)(H,57,62)(H,60,61)/b33-31+/t50-/m0/s1. The second-order valence-corrected chi connectivity index (χ2v) is 16.8. The fraction of sp³-hybridized carbons (Fsp3) is 0.145. The summed E-state index contributed by atoms with van der Waals surface area (Å²) in [6.07, 6.45) is 4.11. The van der Waals surface area contributed by atoms with E-state index in [1.54, 1.807) is 18.2 Å². The van der Waals surface area contributed by atoms with Crippen LogP contribution in [0, 0.1) is 0 Å². The number of nitrogens with one attached hydrogen (secondary N) is 1. The van der Waals surface area contributed by atoms with Gasteiger partial charge in [-0.1, -0.05) is 176 Å². The van der Waals surface area contributed by atoms with Crippen LogP contribution in [0.1, 0.15) is 67.9 Å². The molecule has 0 heterocycles. The van der Waals surface area contributed by atoms with Gasteiger partial charge in [-0.15, -0.1) is 11.8 Å². The monoisotopic (exact) mass is 863 g/mol. The molecule has 0 bridgehead atoms. The lowest BCUT2D eigenvalue weighted by Crippen LogP contribution is -2.43. The van der Waals surface area contributed by atoms with Crippen LogP contribution >= 0.6 is 11.8 Å². The van der Waals surface area contributed by atoms with Crippen LogP contribution in [0.25, 0.3) is 11.1 Å². The van der Waals surface area contributed by atoms with E-state index >= 15 is 0 Å². The quantitative estimate of drug-likeness (QED) is 0.0734. The molecule has 1 aliphatic carbocycles. The van der Waals surface area contributed by atoms with Gasteiger partial charge in [0.2, 0.25) is 5.91 Å². The summed E-state index contributed by atoms with van der Waals surface area (Å²) in [6, 6.07) is 61.4. The summed E-state index contributed by atoms with van der Waals surface area (Å²) in [5, 5.41) is 13.0. The number of thioether (sulfide) groups is 1. The van der Waals surface area contributed by atoms with E-state index in [0.717, 1.165) is 33.4 Å². The number of nitrogens with zero attached hydrogens (tertiary/aromatic N) is 1. The Balaban J connectivity index is 1.08. The van der Waals surface area contributed by atoms with Crippen LogP contribution in [0.4, 0.5) is 10.5 Å². The molecule has 0 fully saturated rings. The summed E-state index contributed by atoms with van der Waals surface area (Å²) >= 11 is 1.27. The second kappa shape index (κ2) is 20.7. The average molecular weight is 864 g/mol.